The first-order valence-corrected chi connectivity index (χ1v) is 7.76. The molecular weight excluding hydrogens is 276 g/mol. The van der Waals surface area contributed by atoms with Gasteiger partial charge >= 0.3 is 0 Å². The van der Waals surface area contributed by atoms with Gasteiger partial charge in [0.2, 0.25) is 0 Å². The van der Waals surface area contributed by atoms with E-state index in [4.69, 9.17) is 4.74 Å². The van der Waals surface area contributed by atoms with E-state index in [9.17, 15) is 0 Å². The molecule has 0 aliphatic heterocycles. The maximum absolute atomic E-state index is 6.18. The highest BCUT2D eigenvalue weighted by Gasteiger charge is 2.22. The number of alkyl halides is 1. The van der Waals surface area contributed by atoms with Crippen molar-refractivity contribution in [1.82, 2.24) is 0 Å². The van der Waals surface area contributed by atoms with Crippen LogP contribution in [-0.2, 0) is 5.33 Å². The van der Waals surface area contributed by atoms with E-state index in [0.29, 0.717) is 6.10 Å². The van der Waals surface area contributed by atoms with Gasteiger partial charge in [0.25, 0.3) is 0 Å². The highest BCUT2D eigenvalue weighted by molar-refractivity contribution is 9.08. The number of hydrogen-bond donors (Lipinski definition) is 0. The van der Waals surface area contributed by atoms with E-state index in [1.165, 1.54) is 37.7 Å². The number of halogens is 1. The highest BCUT2D eigenvalue weighted by Crippen LogP contribution is 2.31. The Balaban J connectivity index is 2.00. The second-order valence-corrected chi connectivity index (χ2v) is 5.48. The molecule has 1 aliphatic rings. The Hall–Kier alpha value is -0.500. The molecule has 2 rings (SSSR count). The lowest BCUT2D eigenvalue weighted by Gasteiger charge is -2.29. The lowest BCUT2D eigenvalue weighted by molar-refractivity contribution is 0.121. The molecule has 1 aromatic carbocycles. The molecular formula is C15H21BrO. The summed E-state index contributed by atoms with van der Waals surface area (Å²) in [5.41, 5.74) is 1.26. The van der Waals surface area contributed by atoms with Crippen LogP contribution in [0, 0.1) is 5.92 Å². The number of hydrogen-bond acceptors (Lipinski definition) is 1. The summed E-state index contributed by atoms with van der Waals surface area (Å²) in [6, 6.07) is 8.34. The minimum absolute atomic E-state index is 0.425. The van der Waals surface area contributed by atoms with Crippen molar-refractivity contribution in [2.24, 2.45) is 5.92 Å². The summed E-state index contributed by atoms with van der Waals surface area (Å²) >= 11 is 3.52. The molecule has 1 aromatic rings. The Labute approximate surface area is 113 Å². The van der Waals surface area contributed by atoms with Crippen molar-refractivity contribution < 1.29 is 4.74 Å². The zero-order valence-corrected chi connectivity index (χ0v) is 12.1. The molecule has 0 heterocycles. The second kappa shape index (κ2) is 6.44. The van der Waals surface area contributed by atoms with Crippen molar-refractivity contribution in [3.05, 3.63) is 29.8 Å². The van der Waals surface area contributed by atoms with Crippen LogP contribution >= 0.6 is 15.9 Å². The Kier molecular flexibility index (Phi) is 4.90. The first-order chi connectivity index (χ1) is 8.33. The van der Waals surface area contributed by atoms with E-state index < -0.39 is 0 Å². The number of ether oxygens (including phenoxy) is 1. The first-order valence-electron chi connectivity index (χ1n) is 6.64. The fourth-order valence-electron chi connectivity index (χ4n) is 2.63. The summed E-state index contributed by atoms with van der Waals surface area (Å²) in [6.07, 6.45) is 6.87. The van der Waals surface area contributed by atoms with Crippen molar-refractivity contribution in [3.8, 4) is 5.75 Å². The van der Waals surface area contributed by atoms with E-state index in [2.05, 4.69) is 47.1 Å². The van der Waals surface area contributed by atoms with E-state index in [1.54, 1.807) is 0 Å². The molecule has 0 spiro atoms. The Morgan fingerprint density at radius 2 is 2.12 bits per heavy atom. The molecule has 0 bridgehead atoms. The van der Waals surface area contributed by atoms with Crippen LogP contribution in [0.3, 0.4) is 0 Å². The lowest BCUT2D eigenvalue weighted by Crippen LogP contribution is -2.25. The fourth-order valence-corrected chi connectivity index (χ4v) is 3.09. The zero-order chi connectivity index (χ0) is 12.1. The van der Waals surface area contributed by atoms with Gasteiger partial charge in [-0.25, -0.2) is 0 Å². The van der Waals surface area contributed by atoms with Crippen LogP contribution in [0.2, 0.25) is 0 Å². The second-order valence-electron chi connectivity index (χ2n) is 4.92. The molecule has 0 saturated heterocycles. The Morgan fingerprint density at radius 3 is 2.88 bits per heavy atom. The molecule has 0 aromatic heterocycles. The molecule has 94 valence electrons. The van der Waals surface area contributed by atoms with Crippen LogP contribution in [0.1, 0.15) is 44.6 Å². The van der Waals surface area contributed by atoms with Crippen molar-refractivity contribution in [1.29, 1.82) is 0 Å². The van der Waals surface area contributed by atoms with Gasteiger partial charge in [0.1, 0.15) is 5.75 Å². The van der Waals surface area contributed by atoms with Crippen LogP contribution in [-0.4, -0.2) is 6.10 Å². The quantitative estimate of drug-likeness (QED) is 0.716. The van der Waals surface area contributed by atoms with Gasteiger partial charge in [-0.15, -0.1) is 0 Å². The molecule has 0 radical (unpaired) electrons. The lowest BCUT2D eigenvalue weighted by atomic mass is 9.85. The largest absolute Gasteiger partial charge is 0.490 e. The van der Waals surface area contributed by atoms with Crippen LogP contribution in [0.4, 0.5) is 0 Å². The van der Waals surface area contributed by atoms with Gasteiger partial charge in [-0.1, -0.05) is 53.9 Å². The molecule has 1 nitrogen and oxygen atoms in total. The number of benzene rings is 1. The van der Waals surface area contributed by atoms with E-state index in [-0.39, 0.29) is 0 Å². The molecule has 17 heavy (non-hydrogen) atoms. The fraction of sp³-hybridized carbons (Fsp3) is 0.600. The number of para-hydroxylation sites is 1. The maximum atomic E-state index is 6.18. The summed E-state index contributed by atoms with van der Waals surface area (Å²) in [6.45, 7) is 2.29. The summed E-state index contributed by atoms with van der Waals surface area (Å²) in [5, 5.41) is 0.868. The van der Waals surface area contributed by atoms with Crippen molar-refractivity contribution in [3.63, 3.8) is 0 Å². The average molecular weight is 297 g/mol. The van der Waals surface area contributed by atoms with Gasteiger partial charge in [0.05, 0.1) is 6.10 Å². The minimum atomic E-state index is 0.425. The van der Waals surface area contributed by atoms with Crippen LogP contribution in [0.15, 0.2) is 24.3 Å². The van der Waals surface area contributed by atoms with E-state index in [1.807, 2.05) is 0 Å². The Bertz CT molecular complexity index is 351. The van der Waals surface area contributed by atoms with E-state index >= 15 is 0 Å². The van der Waals surface area contributed by atoms with E-state index in [0.717, 1.165) is 17.0 Å². The van der Waals surface area contributed by atoms with Crippen molar-refractivity contribution >= 4 is 15.9 Å². The summed E-state index contributed by atoms with van der Waals surface area (Å²) in [4.78, 5) is 0. The molecule has 2 atom stereocenters. The van der Waals surface area contributed by atoms with Gasteiger partial charge in [0.15, 0.2) is 0 Å². The van der Waals surface area contributed by atoms with Crippen LogP contribution < -0.4 is 4.74 Å². The molecule has 1 aliphatic carbocycles. The molecule has 1 fully saturated rings. The van der Waals surface area contributed by atoms with Gasteiger partial charge in [0, 0.05) is 10.9 Å². The van der Waals surface area contributed by atoms with Crippen molar-refractivity contribution in [2.45, 2.75) is 50.5 Å². The predicted octanol–water partition coefficient (Wildman–Crippen LogP) is 4.93. The SMILES string of the molecule is CCC1CCCC(Oc2ccccc2CBr)C1. The van der Waals surface area contributed by atoms with Gasteiger partial charge in [-0.3, -0.25) is 0 Å². The van der Waals surface area contributed by atoms with Gasteiger partial charge in [-0.05, 0) is 31.2 Å². The molecule has 1 saturated carbocycles. The first kappa shape index (κ1) is 12.9. The third-order valence-electron chi connectivity index (χ3n) is 3.72. The summed E-state index contributed by atoms with van der Waals surface area (Å²) in [5.74, 6) is 1.93. The predicted molar refractivity (Wildman–Crippen MR) is 75.7 cm³/mol. The smallest absolute Gasteiger partial charge is 0.123 e. The van der Waals surface area contributed by atoms with Gasteiger partial charge in [-0.2, -0.15) is 0 Å². The molecule has 2 heteroatoms. The minimum Gasteiger partial charge on any atom is -0.490 e. The third kappa shape index (κ3) is 3.48. The topological polar surface area (TPSA) is 9.23 Å². The molecule has 0 N–H and O–H groups in total. The molecule has 0 amide bonds. The van der Waals surface area contributed by atoms with Gasteiger partial charge < -0.3 is 4.74 Å². The summed E-state index contributed by atoms with van der Waals surface area (Å²) < 4.78 is 6.18. The zero-order valence-electron chi connectivity index (χ0n) is 10.5. The molecule has 2 unspecified atom stereocenters. The van der Waals surface area contributed by atoms with Crippen LogP contribution in [0.25, 0.3) is 0 Å². The summed E-state index contributed by atoms with van der Waals surface area (Å²) in [7, 11) is 0. The van der Waals surface area contributed by atoms with Crippen LogP contribution in [0.5, 0.6) is 5.75 Å². The van der Waals surface area contributed by atoms with Crippen molar-refractivity contribution in [2.75, 3.05) is 0 Å². The third-order valence-corrected chi connectivity index (χ3v) is 4.33. The highest BCUT2D eigenvalue weighted by atomic mass is 79.9. The Morgan fingerprint density at radius 1 is 1.29 bits per heavy atom. The maximum Gasteiger partial charge on any atom is 0.123 e. The normalized spacial score (nSPS) is 24.6. The monoisotopic (exact) mass is 296 g/mol. The number of rotatable bonds is 4. The average Bonchev–Trinajstić information content (AvgIpc) is 2.39. The standard InChI is InChI=1S/C15H21BrO/c1-2-12-6-5-8-14(10-12)17-15-9-4-3-7-13(15)11-16/h3-4,7,9,12,14H,2,5-6,8,10-11H2,1H3.